The van der Waals surface area contributed by atoms with Crippen LogP contribution in [-0.2, 0) is 0 Å². The van der Waals surface area contributed by atoms with Crippen LogP contribution in [0.25, 0.3) is 10.9 Å². The number of para-hydroxylation sites is 1. The van der Waals surface area contributed by atoms with Crippen molar-refractivity contribution in [2.75, 3.05) is 5.75 Å². The van der Waals surface area contributed by atoms with Gasteiger partial charge >= 0.3 is 0 Å². The van der Waals surface area contributed by atoms with E-state index in [9.17, 15) is 4.79 Å². The second-order valence-corrected chi connectivity index (χ2v) is 6.00. The maximum Gasteiger partial charge on any atom is 0.173 e. The number of benzene rings is 2. The molecular weight excluding hydrogens is 302 g/mol. The van der Waals surface area contributed by atoms with Crippen molar-refractivity contribution in [3.05, 3.63) is 71.4 Å². The fraction of sp³-hybridized carbons (Fsp3) is 0.0588. The lowest BCUT2D eigenvalue weighted by Gasteiger charge is -2.05. The molecule has 2 nitrogen and oxygen atoms in total. The number of thioether (sulfide) groups is 1. The molecule has 0 saturated heterocycles. The van der Waals surface area contributed by atoms with Gasteiger partial charge in [-0.1, -0.05) is 29.8 Å². The molecule has 0 amide bonds. The second kappa shape index (κ2) is 6.29. The minimum atomic E-state index is 0.0950. The summed E-state index contributed by atoms with van der Waals surface area (Å²) in [6, 6.07) is 16.9. The van der Waals surface area contributed by atoms with E-state index in [0.717, 1.165) is 15.8 Å². The zero-order valence-corrected chi connectivity index (χ0v) is 12.7. The molecule has 3 aromatic rings. The average Bonchev–Trinajstić information content (AvgIpc) is 2.53. The highest BCUT2D eigenvalue weighted by Gasteiger charge is 2.08. The number of ketones is 1. The van der Waals surface area contributed by atoms with Crippen molar-refractivity contribution in [2.24, 2.45) is 0 Å². The van der Waals surface area contributed by atoms with Crippen LogP contribution in [0.1, 0.15) is 10.4 Å². The van der Waals surface area contributed by atoms with Crippen LogP contribution in [0.4, 0.5) is 0 Å². The van der Waals surface area contributed by atoms with Crippen molar-refractivity contribution >= 4 is 40.0 Å². The number of pyridine rings is 1. The summed E-state index contributed by atoms with van der Waals surface area (Å²) in [6.07, 6.45) is 1.78. The van der Waals surface area contributed by atoms with E-state index < -0.39 is 0 Å². The van der Waals surface area contributed by atoms with Gasteiger partial charge in [-0.2, -0.15) is 0 Å². The lowest BCUT2D eigenvalue weighted by atomic mass is 10.1. The summed E-state index contributed by atoms with van der Waals surface area (Å²) >= 11 is 7.37. The highest BCUT2D eigenvalue weighted by Crippen LogP contribution is 2.27. The molecule has 0 atom stereocenters. The molecule has 0 bridgehead atoms. The zero-order valence-electron chi connectivity index (χ0n) is 11.1. The van der Waals surface area contributed by atoms with Crippen molar-refractivity contribution in [2.45, 2.75) is 4.90 Å². The Morgan fingerprint density at radius 3 is 2.62 bits per heavy atom. The van der Waals surface area contributed by atoms with Crippen LogP contribution in [0.2, 0.25) is 5.02 Å². The van der Waals surface area contributed by atoms with Crippen LogP contribution < -0.4 is 0 Å². The molecule has 0 radical (unpaired) electrons. The fourth-order valence-electron chi connectivity index (χ4n) is 2.06. The van der Waals surface area contributed by atoms with Crippen LogP contribution >= 0.6 is 23.4 Å². The highest BCUT2D eigenvalue weighted by atomic mass is 35.5. The third-order valence-electron chi connectivity index (χ3n) is 3.13. The van der Waals surface area contributed by atoms with E-state index in [1.165, 1.54) is 11.8 Å². The maximum atomic E-state index is 12.2. The highest BCUT2D eigenvalue weighted by molar-refractivity contribution is 8.00. The Hall–Kier alpha value is -1.84. The quantitative estimate of drug-likeness (QED) is 0.509. The number of fused-ring (bicyclic) bond motifs is 1. The number of halogens is 1. The van der Waals surface area contributed by atoms with Gasteiger partial charge in [-0.15, -0.1) is 11.8 Å². The summed E-state index contributed by atoms with van der Waals surface area (Å²) in [6.45, 7) is 0. The van der Waals surface area contributed by atoms with Gasteiger partial charge in [-0.3, -0.25) is 9.78 Å². The number of aromatic nitrogens is 1. The molecule has 4 heteroatoms. The molecule has 2 aromatic carbocycles. The van der Waals surface area contributed by atoms with Crippen LogP contribution in [0.15, 0.2) is 65.7 Å². The number of hydrogen-bond acceptors (Lipinski definition) is 3. The molecule has 0 spiro atoms. The summed E-state index contributed by atoms with van der Waals surface area (Å²) in [5.41, 5.74) is 1.63. The molecule has 0 aliphatic rings. The fourth-order valence-corrected chi connectivity index (χ4v) is 3.12. The summed E-state index contributed by atoms with van der Waals surface area (Å²) in [4.78, 5) is 17.6. The molecule has 1 heterocycles. The van der Waals surface area contributed by atoms with Crippen LogP contribution in [0.5, 0.6) is 0 Å². The molecule has 0 unspecified atom stereocenters. The number of nitrogens with zero attached hydrogens (tertiary/aromatic N) is 1. The van der Waals surface area contributed by atoms with Crippen molar-refractivity contribution < 1.29 is 4.79 Å². The van der Waals surface area contributed by atoms with Crippen molar-refractivity contribution in [1.82, 2.24) is 4.98 Å². The molecule has 104 valence electrons. The third kappa shape index (κ3) is 3.26. The van der Waals surface area contributed by atoms with Gasteiger partial charge in [-0.25, -0.2) is 0 Å². The largest absolute Gasteiger partial charge is 0.293 e. The summed E-state index contributed by atoms with van der Waals surface area (Å²) in [5.74, 6) is 0.493. The number of carbonyl (C=O) groups is 1. The molecule has 0 saturated carbocycles. The molecule has 0 N–H and O–H groups in total. The van der Waals surface area contributed by atoms with Gasteiger partial charge in [0.15, 0.2) is 5.78 Å². The van der Waals surface area contributed by atoms with Crippen molar-refractivity contribution in [3.63, 3.8) is 0 Å². The summed E-state index contributed by atoms with van der Waals surface area (Å²) in [5, 5.41) is 1.72. The predicted octanol–water partition coefficient (Wildman–Crippen LogP) is 4.86. The topological polar surface area (TPSA) is 30.0 Å². The van der Waals surface area contributed by atoms with Gasteiger partial charge < -0.3 is 0 Å². The van der Waals surface area contributed by atoms with Crippen molar-refractivity contribution in [1.29, 1.82) is 0 Å². The molecule has 0 aliphatic heterocycles. The Morgan fingerprint density at radius 2 is 1.81 bits per heavy atom. The predicted molar refractivity (Wildman–Crippen MR) is 88.2 cm³/mol. The first-order valence-electron chi connectivity index (χ1n) is 6.49. The smallest absolute Gasteiger partial charge is 0.173 e. The molecule has 3 rings (SSSR count). The number of carbonyl (C=O) groups excluding carboxylic acids is 1. The van der Waals surface area contributed by atoms with Gasteiger partial charge in [0.25, 0.3) is 0 Å². The average molecular weight is 314 g/mol. The number of hydrogen-bond donors (Lipinski definition) is 0. The van der Waals surface area contributed by atoms with E-state index in [2.05, 4.69) is 4.98 Å². The normalized spacial score (nSPS) is 10.7. The molecule has 0 fully saturated rings. The number of Topliss-reactive ketones (excluding diaryl/α,β-unsaturated/α-hetero) is 1. The van der Waals surface area contributed by atoms with Crippen molar-refractivity contribution in [3.8, 4) is 0 Å². The zero-order chi connectivity index (χ0) is 14.7. The standard InChI is InChI=1S/C17H12ClNOS/c18-13-7-5-12(6-8-13)16(20)11-21-17-9-10-19-15-4-2-1-3-14(15)17/h1-10H,11H2. The van der Waals surface area contributed by atoms with E-state index >= 15 is 0 Å². The summed E-state index contributed by atoms with van der Waals surface area (Å²) < 4.78 is 0. The lowest BCUT2D eigenvalue weighted by molar-refractivity contribution is 0.102. The Kier molecular flexibility index (Phi) is 4.23. The second-order valence-electron chi connectivity index (χ2n) is 4.54. The van der Waals surface area contributed by atoms with Gasteiger partial charge in [0.05, 0.1) is 11.3 Å². The van der Waals surface area contributed by atoms with E-state index in [0.29, 0.717) is 16.3 Å². The minimum Gasteiger partial charge on any atom is -0.293 e. The van der Waals surface area contributed by atoms with Gasteiger partial charge in [0.2, 0.25) is 0 Å². The first-order chi connectivity index (χ1) is 10.2. The van der Waals surface area contributed by atoms with Crippen LogP contribution in [0.3, 0.4) is 0 Å². The molecule has 21 heavy (non-hydrogen) atoms. The first-order valence-corrected chi connectivity index (χ1v) is 7.86. The SMILES string of the molecule is O=C(CSc1ccnc2ccccc12)c1ccc(Cl)cc1. The first kappa shape index (κ1) is 14.1. The molecular formula is C17H12ClNOS. The number of rotatable bonds is 4. The van der Waals surface area contributed by atoms with E-state index in [1.807, 2.05) is 30.3 Å². The van der Waals surface area contributed by atoms with Crippen LogP contribution in [0, 0.1) is 0 Å². The van der Waals surface area contributed by atoms with Crippen LogP contribution in [-0.4, -0.2) is 16.5 Å². The monoisotopic (exact) mass is 313 g/mol. The van der Waals surface area contributed by atoms with E-state index in [4.69, 9.17) is 11.6 Å². The van der Waals surface area contributed by atoms with E-state index in [1.54, 1.807) is 30.5 Å². The van der Waals surface area contributed by atoms with E-state index in [-0.39, 0.29) is 5.78 Å². The minimum absolute atomic E-state index is 0.0950. The third-order valence-corrected chi connectivity index (χ3v) is 4.46. The van der Waals surface area contributed by atoms with Gasteiger partial charge in [-0.05, 0) is 36.4 Å². The summed E-state index contributed by atoms with van der Waals surface area (Å²) in [7, 11) is 0. The maximum absolute atomic E-state index is 12.2. The van der Waals surface area contributed by atoms with Gasteiger partial charge in [0.1, 0.15) is 0 Å². The Morgan fingerprint density at radius 1 is 1.05 bits per heavy atom. The van der Waals surface area contributed by atoms with Gasteiger partial charge in [0, 0.05) is 27.1 Å². The molecule has 0 aliphatic carbocycles. The Labute approximate surface area is 132 Å². The Bertz CT molecular complexity index is 781. The Balaban J connectivity index is 1.77. The lowest BCUT2D eigenvalue weighted by Crippen LogP contribution is -2.01. The molecule has 1 aromatic heterocycles.